The first-order chi connectivity index (χ1) is 9.85. The summed E-state index contributed by atoms with van der Waals surface area (Å²) in [6, 6.07) is 12.0. The lowest BCUT2D eigenvalue weighted by atomic mass is 9.59. The van der Waals surface area contributed by atoms with Gasteiger partial charge in [-0.2, -0.15) is 0 Å². The van der Waals surface area contributed by atoms with Crippen LogP contribution in [0.15, 0.2) is 30.3 Å². The molecule has 1 N–H and O–H groups in total. The number of benzene rings is 1. The summed E-state index contributed by atoms with van der Waals surface area (Å²) in [4.78, 5) is 0. The second-order valence-electron chi connectivity index (χ2n) is 6.90. The van der Waals surface area contributed by atoms with E-state index in [0.29, 0.717) is 11.5 Å². The van der Waals surface area contributed by atoms with E-state index in [-0.39, 0.29) is 0 Å². The second-order valence-corrected chi connectivity index (χ2v) is 6.90. The molecule has 0 aromatic heterocycles. The Bertz CT molecular complexity index is 403. The van der Waals surface area contributed by atoms with Crippen molar-refractivity contribution in [3.63, 3.8) is 0 Å². The number of hydrogen-bond donors (Lipinski definition) is 1. The third-order valence-corrected chi connectivity index (χ3v) is 5.46. The van der Waals surface area contributed by atoms with Crippen LogP contribution in [0.1, 0.15) is 63.9 Å². The molecule has 0 amide bonds. The van der Waals surface area contributed by atoms with Crippen molar-refractivity contribution in [3.05, 3.63) is 35.9 Å². The summed E-state index contributed by atoms with van der Waals surface area (Å²) in [5.41, 5.74) is 2.02. The highest BCUT2D eigenvalue weighted by Crippen LogP contribution is 2.48. The lowest BCUT2D eigenvalue weighted by Crippen LogP contribution is -2.53. The predicted octanol–water partition coefficient (Wildman–Crippen LogP) is 4.67. The van der Waals surface area contributed by atoms with E-state index < -0.39 is 0 Å². The molecule has 1 aromatic rings. The van der Waals surface area contributed by atoms with Gasteiger partial charge in [-0.1, -0.05) is 56.5 Å². The summed E-state index contributed by atoms with van der Waals surface area (Å²) in [6.45, 7) is 3.45. The van der Waals surface area contributed by atoms with Gasteiger partial charge in [-0.05, 0) is 50.1 Å². The molecule has 20 heavy (non-hydrogen) atoms. The minimum absolute atomic E-state index is 0.436. The van der Waals surface area contributed by atoms with E-state index in [2.05, 4.69) is 42.6 Å². The Labute approximate surface area is 124 Å². The van der Waals surface area contributed by atoms with Gasteiger partial charge in [0.25, 0.3) is 0 Å². The van der Waals surface area contributed by atoms with Crippen LogP contribution in [-0.4, -0.2) is 12.6 Å². The van der Waals surface area contributed by atoms with Crippen LogP contribution in [-0.2, 0) is 5.41 Å². The maximum atomic E-state index is 3.89. The Balaban J connectivity index is 1.74. The van der Waals surface area contributed by atoms with Crippen LogP contribution in [0.5, 0.6) is 0 Å². The van der Waals surface area contributed by atoms with E-state index in [1.165, 1.54) is 57.9 Å². The van der Waals surface area contributed by atoms with Gasteiger partial charge >= 0.3 is 0 Å². The van der Waals surface area contributed by atoms with Gasteiger partial charge in [0.2, 0.25) is 0 Å². The van der Waals surface area contributed by atoms with Crippen molar-refractivity contribution in [3.8, 4) is 0 Å². The quantitative estimate of drug-likeness (QED) is 0.724. The average Bonchev–Trinajstić information content (AvgIpc) is 3.25. The van der Waals surface area contributed by atoms with Gasteiger partial charge in [-0.3, -0.25) is 0 Å². The number of hydrogen-bond acceptors (Lipinski definition) is 1. The largest absolute Gasteiger partial charge is 0.313 e. The fourth-order valence-corrected chi connectivity index (χ4v) is 3.87. The zero-order valence-electron chi connectivity index (χ0n) is 12.9. The van der Waals surface area contributed by atoms with Crippen molar-refractivity contribution < 1.29 is 0 Å². The van der Waals surface area contributed by atoms with E-state index in [0.717, 1.165) is 5.92 Å². The standard InChI is InChI=1S/C19H29N/c1-2-15-20-18(12-11-16-9-10-16)19(13-6-14-19)17-7-4-3-5-8-17/h3-5,7-8,16,18,20H,2,6,9-15H2,1H3. The topological polar surface area (TPSA) is 12.0 Å². The highest BCUT2D eigenvalue weighted by Gasteiger charge is 2.45. The van der Waals surface area contributed by atoms with Crippen molar-refractivity contribution in [2.75, 3.05) is 6.54 Å². The molecule has 1 atom stereocenters. The molecule has 1 nitrogen and oxygen atoms in total. The first kappa shape index (κ1) is 14.1. The molecular weight excluding hydrogens is 242 g/mol. The highest BCUT2D eigenvalue weighted by molar-refractivity contribution is 5.30. The molecule has 0 radical (unpaired) electrons. The van der Waals surface area contributed by atoms with Crippen LogP contribution < -0.4 is 5.32 Å². The van der Waals surface area contributed by atoms with Crippen LogP contribution >= 0.6 is 0 Å². The first-order valence-corrected chi connectivity index (χ1v) is 8.64. The molecule has 0 bridgehead atoms. The molecule has 1 unspecified atom stereocenters. The molecular formula is C19H29N. The van der Waals surface area contributed by atoms with Crippen LogP contribution in [0, 0.1) is 5.92 Å². The maximum Gasteiger partial charge on any atom is 0.0164 e. The minimum Gasteiger partial charge on any atom is -0.313 e. The Morgan fingerprint density at radius 1 is 1.20 bits per heavy atom. The van der Waals surface area contributed by atoms with Gasteiger partial charge < -0.3 is 5.32 Å². The third-order valence-electron chi connectivity index (χ3n) is 5.46. The first-order valence-electron chi connectivity index (χ1n) is 8.64. The van der Waals surface area contributed by atoms with E-state index in [1.54, 1.807) is 5.56 Å². The van der Waals surface area contributed by atoms with E-state index in [1.807, 2.05) is 0 Å². The van der Waals surface area contributed by atoms with Gasteiger partial charge in [0.1, 0.15) is 0 Å². The van der Waals surface area contributed by atoms with Gasteiger partial charge in [0.05, 0.1) is 0 Å². The monoisotopic (exact) mass is 271 g/mol. The Morgan fingerprint density at radius 2 is 1.95 bits per heavy atom. The maximum absolute atomic E-state index is 3.89. The van der Waals surface area contributed by atoms with Crippen LogP contribution in [0.25, 0.3) is 0 Å². The fraction of sp³-hybridized carbons (Fsp3) is 0.684. The Kier molecular flexibility index (Phi) is 4.45. The van der Waals surface area contributed by atoms with E-state index in [4.69, 9.17) is 0 Å². The second kappa shape index (κ2) is 6.30. The van der Waals surface area contributed by atoms with Crippen molar-refractivity contribution in [2.24, 2.45) is 5.92 Å². The van der Waals surface area contributed by atoms with Crippen LogP contribution in [0.3, 0.4) is 0 Å². The van der Waals surface area contributed by atoms with Crippen molar-refractivity contribution >= 4 is 0 Å². The zero-order chi connectivity index (χ0) is 13.8. The van der Waals surface area contributed by atoms with Crippen LogP contribution in [0.4, 0.5) is 0 Å². The van der Waals surface area contributed by atoms with E-state index in [9.17, 15) is 0 Å². The van der Waals surface area contributed by atoms with Gasteiger partial charge in [-0.15, -0.1) is 0 Å². The molecule has 0 aliphatic heterocycles. The van der Waals surface area contributed by atoms with Gasteiger partial charge in [-0.25, -0.2) is 0 Å². The fourth-order valence-electron chi connectivity index (χ4n) is 3.87. The summed E-state index contributed by atoms with van der Waals surface area (Å²) < 4.78 is 0. The SMILES string of the molecule is CCCNC(CCC1CC1)C1(c2ccccc2)CCC1. The summed E-state index contributed by atoms with van der Waals surface area (Å²) in [5.74, 6) is 1.05. The highest BCUT2D eigenvalue weighted by atomic mass is 14.9. The normalized spacial score (nSPS) is 22.2. The third kappa shape index (κ3) is 2.93. The predicted molar refractivity (Wildman–Crippen MR) is 86.0 cm³/mol. The summed E-state index contributed by atoms with van der Waals surface area (Å²) >= 11 is 0. The molecule has 1 aromatic carbocycles. The molecule has 2 fully saturated rings. The lowest BCUT2D eigenvalue weighted by molar-refractivity contribution is 0.158. The van der Waals surface area contributed by atoms with Gasteiger partial charge in [0, 0.05) is 11.5 Å². The summed E-state index contributed by atoms with van der Waals surface area (Å²) in [5, 5.41) is 3.89. The molecule has 2 saturated carbocycles. The Morgan fingerprint density at radius 3 is 2.50 bits per heavy atom. The van der Waals surface area contributed by atoms with Crippen molar-refractivity contribution in [1.29, 1.82) is 0 Å². The zero-order valence-corrected chi connectivity index (χ0v) is 12.9. The Hall–Kier alpha value is -0.820. The van der Waals surface area contributed by atoms with Gasteiger partial charge in [0.15, 0.2) is 0 Å². The molecule has 0 spiro atoms. The van der Waals surface area contributed by atoms with E-state index >= 15 is 0 Å². The minimum atomic E-state index is 0.436. The average molecular weight is 271 g/mol. The van der Waals surface area contributed by atoms with Crippen molar-refractivity contribution in [2.45, 2.75) is 69.7 Å². The van der Waals surface area contributed by atoms with Crippen LogP contribution in [0.2, 0.25) is 0 Å². The molecule has 0 heterocycles. The summed E-state index contributed by atoms with van der Waals surface area (Å²) in [6.07, 6.45) is 11.2. The summed E-state index contributed by atoms with van der Waals surface area (Å²) in [7, 11) is 0. The molecule has 1 heteroatoms. The van der Waals surface area contributed by atoms with Crippen molar-refractivity contribution in [1.82, 2.24) is 5.32 Å². The molecule has 2 aliphatic rings. The lowest BCUT2D eigenvalue weighted by Gasteiger charge is -2.49. The molecule has 0 saturated heterocycles. The molecule has 2 aliphatic carbocycles. The smallest absolute Gasteiger partial charge is 0.0164 e. The number of nitrogens with one attached hydrogen (secondary N) is 1. The number of rotatable bonds is 8. The molecule has 110 valence electrons. The molecule has 3 rings (SSSR count).